The highest BCUT2D eigenvalue weighted by atomic mass is 16.4. The van der Waals surface area contributed by atoms with Gasteiger partial charge in [0.05, 0.1) is 0 Å². The summed E-state index contributed by atoms with van der Waals surface area (Å²) in [5.41, 5.74) is 1.74. The Morgan fingerprint density at radius 1 is 1.33 bits per heavy atom. The van der Waals surface area contributed by atoms with E-state index >= 15 is 0 Å². The van der Waals surface area contributed by atoms with Gasteiger partial charge in [-0.3, -0.25) is 4.90 Å². The molecular weight excluding hydrogens is 225 g/mol. The summed E-state index contributed by atoms with van der Waals surface area (Å²) in [7, 11) is -1.37. The van der Waals surface area contributed by atoms with Crippen LogP contribution in [0, 0.1) is 5.92 Å². The van der Waals surface area contributed by atoms with Gasteiger partial charge in [0, 0.05) is 13.1 Å². The van der Waals surface area contributed by atoms with Crippen molar-refractivity contribution in [1.82, 2.24) is 4.90 Å². The average Bonchev–Trinajstić information content (AvgIpc) is 3.13. The van der Waals surface area contributed by atoms with Gasteiger partial charge in [-0.25, -0.2) is 0 Å². The molecule has 0 unspecified atom stereocenters. The van der Waals surface area contributed by atoms with E-state index in [0.29, 0.717) is 5.46 Å². The van der Waals surface area contributed by atoms with Gasteiger partial charge in [-0.1, -0.05) is 31.2 Å². The van der Waals surface area contributed by atoms with Gasteiger partial charge in [0.15, 0.2) is 0 Å². The second-order valence-electron chi connectivity index (χ2n) is 5.30. The van der Waals surface area contributed by atoms with Gasteiger partial charge in [-0.15, -0.1) is 0 Å². The van der Waals surface area contributed by atoms with E-state index in [0.717, 1.165) is 31.0 Å². The lowest BCUT2D eigenvalue weighted by molar-refractivity contribution is 0.255. The van der Waals surface area contributed by atoms with Gasteiger partial charge in [0.25, 0.3) is 0 Å². The molecule has 1 fully saturated rings. The molecule has 0 atom stereocenters. The van der Waals surface area contributed by atoms with Crippen molar-refractivity contribution in [2.45, 2.75) is 32.7 Å². The summed E-state index contributed by atoms with van der Waals surface area (Å²) in [5.74, 6) is 0.892. The molecule has 3 nitrogen and oxygen atoms in total. The maximum Gasteiger partial charge on any atom is 0.488 e. The molecule has 0 radical (unpaired) electrons. The minimum atomic E-state index is -1.37. The first-order valence-corrected chi connectivity index (χ1v) is 6.86. The van der Waals surface area contributed by atoms with E-state index in [9.17, 15) is 10.0 Å². The number of hydrogen-bond acceptors (Lipinski definition) is 3. The molecule has 0 aliphatic heterocycles. The highest BCUT2D eigenvalue weighted by molar-refractivity contribution is 6.58. The summed E-state index contributed by atoms with van der Waals surface area (Å²) in [4.78, 5) is 2.47. The minimum Gasteiger partial charge on any atom is -0.423 e. The molecule has 0 heterocycles. The number of nitrogens with zero attached hydrogens (tertiary/aromatic N) is 1. The summed E-state index contributed by atoms with van der Waals surface area (Å²) in [6, 6.07) is 7.59. The average molecular weight is 247 g/mol. The molecule has 0 aromatic heterocycles. The summed E-state index contributed by atoms with van der Waals surface area (Å²) in [6.45, 7) is 5.40. The van der Waals surface area contributed by atoms with E-state index in [1.54, 1.807) is 6.07 Å². The van der Waals surface area contributed by atoms with Gasteiger partial charge >= 0.3 is 7.12 Å². The lowest BCUT2D eigenvalue weighted by atomic mass is 9.79. The first-order valence-electron chi connectivity index (χ1n) is 6.86. The lowest BCUT2D eigenvalue weighted by Crippen LogP contribution is -2.31. The van der Waals surface area contributed by atoms with Crippen LogP contribution in [0.5, 0.6) is 0 Å². The Kier molecular flexibility index (Phi) is 4.81. The van der Waals surface area contributed by atoms with E-state index in [-0.39, 0.29) is 0 Å². The normalized spacial score (nSPS) is 15.1. The van der Waals surface area contributed by atoms with Crippen LogP contribution >= 0.6 is 0 Å². The number of hydrogen-bond donors (Lipinski definition) is 2. The molecule has 0 amide bonds. The number of benzene rings is 1. The van der Waals surface area contributed by atoms with Crippen molar-refractivity contribution < 1.29 is 10.0 Å². The molecule has 0 bridgehead atoms. The Balaban J connectivity index is 1.97. The largest absolute Gasteiger partial charge is 0.488 e. The van der Waals surface area contributed by atoms with Gasteiger partial charge < -0.3 is 10.0 Å². The van der Waals surface area contributed by atoms with Crippen LogP contribution in [0.2, 0.25) is 0 Å². The highest BCUT2D eigenvalue weighted by Gasteiger charge is 2.24. The van der Waals surface area contributed by atoms with Gasteiger partial charge in [-0.2, -0.15) is 0 Å². The quantitative estimate of drug-likeness (QED) is 0.706. The molecule has 1 aromatic rings. The molecule has 2 N–H and O–H groups in total. The van der Waals surface area contributed by atoms with Crippen LogP contribution < -0.4 is 5.46 Å². The minimum absolute atomic E-state index is 0.579. The third-order valence-electron chi connectivity index (χ3n) is 3.41. The van der Waals surface area contributed by atoms with Gasteiger partial charge in [0.1, 0.15) is 0 Å². The maximum atomic E-state index is 9.18. The molecule has 2 rings (SSSR count). The molecule has 1 aromatic carbocycles. The summed E-state index contributed by atoms with van der Waals surface area (Å²) in [5, 5.41) is 18.4. The standard InChI is InChI=1S/C14H22BNO2/c1-2-8-16(10-12-6-7-12)11-13-4-3-5-14(9-13)15(17)18/h3-5,9,12,17-18H,2,6-8,10-11H2,1H3. The van der Waals surface area contributed by atoms with E-state index in [4.69, 9.17) is 0 Å². The molecule has 98 valence electrons. The Morgan fingerprint density at radius 3 is 2.72 bits per heavy atom. The van der Waals surface area contributed by atoms with Crippen molar-refractivity contribution in [3.63, 3.8) is 0 Å². The fraction of sp³-hybridized carbons (Fsp3) is 0.571. The van der Waals surface area contributed by atoms with E-state index in [1.807, 2.05) is 12.1 Å². The molecule has 1 aliphatic rings. The highest BCUT2D eigenvalue weighted by Crippen LogP contribution is 2.30. The molecule has 0 saturated heterocycles. The fourth-order valence-electron chi connectivity index (χ4n) is 2.33. The SMILES string of the molecule is CCCN(Cc1cccc(B(O)O)c1)CC1CC1. The van der Waals surface area contributed by atoms with Crippen LogP contribution in [-0.4, -0.2) is 35.2 Å². The Morgan fingerprint density at radius 2 is 2.11 bits per heavy atom. The van der Waals surface area contributed by atoms with E-state index < -0.39 is 7.12 Å². The van der Waals surface area contributed by atoms with Gasteiger partial charge in [-0.05, 0) is 42.8 Å². The van der Waals surface area contributed by atoms with Gasteiger partial charge in [0.2, 0.25) is 0 Å². The molecule has 1 aliphatic carbocycles. The van der Waals surface area contributed by atoms with E-state index in [1.165, 1.54) is 19.4 Å². The zero-order valence-electron chi connectivity index (χ0n) is 11.0. The third kappa shape index (κ3) is 4.12. The summed E-state index contributed by atoms with van der Waals surface area (Å²) >= 11 is 0. The van der Waals surface area contributed by atoms with Crippen molar-refractivity contribution >= 4 is 12.6 Å². The molecular formula is C14H22BNO2. The smallest absolute Gasteiger partial charge is 0.423 e. The van der Waals surface area contributed by atoms with Crippen molar-refractivity contribution in [3.05, 3.63) is 29.8 Å². The fourth-order valence-corrected chi connectivity index (χ4v) is 2.33. The second-order valence-corrected chi connectivity index (χ2v) is 5.30. The van der Waals surface area contributed by atoms with Crippen LogP contribution in [0.4, 0.5) is 0 Å². The second kappa shape index (κ2) is 6.37. The Bertz CT molecular complexity index is 380. The monoisotopic (exact) mass is 247 g/mol. The van der Waals surface area contributed by atoms with Crippen molar-refractivity contribution in [3.8, 4) is 0 Å². The van der Waals surface area contributed by atoms with Crippen molar-refractivity contribution in [2.75, 3.05) is 13.1 Å². The molecule has 0 spiro atoms. The molecule has 18 heavy (non-hydrogen) atoms. The van der Waals surface area contributed by atoms with Crippen LogP contribution in [0.15, 0.2) is 24.3 Å². The van der Waals surface area contributed by atoms with Crippen LogP contribution in [-0.2, 0) is 6.54 Å². The Labute approximate surface area is 110 Å². The predicted octanol–water partition coefficient (Wildman–Crippen LogP) is 0.988. The van der Waals surface area contributed by atoms with E-state index in [2.05, 4.69) is 17.9 Å². The molecule has 4 heteroatoms. The first kappa shape index (κ1) is 13.6. The maximum absolute atomic E-state index is 9.18. The van der Waals surface area contributed by atoms with Crippen LogP contribution in [0.3, 0.4) is 0 Å². The molecule has 1 saturated carbocycles. The lowest BCUT2D eigenvalue weighted by Gasteiger charge is -2.21. The zero-order chi connectivity index (χ0) is 13.0. The number of rotatable bonds is 7. The van der Waals surface area contributed by atoms with Crippen LogP contribution in [0.1, 0.15) is 31.7 Å². The zero-order valence-corrected chi connectivity index (χ0v) is 11.0. The first-order chi connectivity index (χ1) is 8.69. The predicted molar refractivity (Wildman–Crippen MR) is 74.6 cm³/mol. The topological polar surface area (TPSA) is 43.7 Å². The van der Waals surface area contributed by atoms with Crippen molar-refractivity contribution in [2.24, 2.45) is 5.92 Å². The third-order valence-corrected chi connectivity index (χ3v) is 3.41. The summed E-state index contributed by atoms with van der Waals surface area (Å²) < 4.78 is 0. The summed E-state index contributed by atoms with van der Waals surface area (Å²) in [6.07, 6.45) is 3.90. The van der Waals surface area contributed by atoms with Crippen molar-refractivity contribution in [1.29, 1.82) is 0 Å². The van der Waals surface area contributed by atoms with Crippen LogP contribution in [0.25, 0.3) is 0 Å². The Hall–Kier alpha value is -0.835.